The van der Waals surface area contributed by atoms with Gasteiger partial charge < -0.3 is 4.74 Å². The van der Waals surface area contributed by atoms with Gasteiger partial charge in [0.05, 0.1) is 7.11 Å². The van der Waals surface area contributed by atoms with Crippen LogP contribution in [0.2, 0.25) is 0 Å². The van der Waals surface area contributed by atoms with Crippen molar-refractivity contribution in [3.05, 3.63) is 84.0 Å². The average molecular weight is 276 g/mol. The van der Waals surface area contributed by atoms with Crippen LogP contribution in [-0.4, -0.2) is 7.11 Å². The molecule has 0 amide bonds. The van der Waals surface area contributed by atoms with Crippen LogP contribution in [0.3, 0.4) is 0 Å². The van der Waals surface area contributed by atoms with E-state index in [0.29, 0.717) is 5.92 Å². The van der Waals surface area contributed by atoms with Crippen molar-refractivity contribution in [3.63, 3.8) is 0 Å². The standard InChI is InChI=1S/C20H20O/c1-21-20-12-10-18(11-13-20)19-9-5-8-17(15-19)14-16-6-3-2-4-7-16/h2-7,9-13,15,17H,8,14H2,1H3. The normalized spacial score (nSPS) is 17.4. The summed E-state index contributed by atoms with van der Waals surface area (Å²) in [5, 5.41) is 0. The summed E-state index contributed by atoms with van der Waals surface area (Å²) in [6.07, 6.45) is 9.13. The van der Waals surface area contributed by atoms with Gasteiger partial charge in [0.15, 0.2) is 0 Å². The Morgan fingerprint density at radius 3 is 2.48 bits per heavy atom. The van der Waals surface area contributed by atoms with E-state index in [2.05, 4.69) is 60.7 Å². The molecule has 0 bridgehead atoms. The number of hydrogen-bond acceptors (Lipinski definition) is 1. The molecule has 1 heteroatoms. The van der Waals surface area contributed by atoms with Gasteiger partial charge in [-0.2, -0.15) is 0 Å². The lowest BCUT2D eigenvalue weighted by molar-refractivity contribution is 0.415. The molecule has 0 heterocycles. The first-order valence-corrected chi connectivity index (χ1v) is 7.42. The third kappa shape index (κ3) is 3.43. The van der Waals surface area contributed by atoms with Crippen molar-refractivity contribution in [1.29, 1.82) is 0 Å². The fourth-order valence-corrected chi connectivity index (χ4v) is 2.78. The van der Waals surface area contributed by atoms with E-state index in [4.69, 9.17) is 4.74 Å². The first kappa shape index (κ1) is 13.7. The summed E-state index contributed by atoms with van der Waals surface area (Å²) in [5.74, 6) is 1.48. The van der Waals surface area contributed by atoms with Crippen molar-refractivity contribution in [1.82, 2.24) is 0 Å². The van der Waals surface area contributed by atoms with Crippen LogP contribution in [0.25, 0.3) is 5.57 Å². The van der Waals surface area contributed by atoms with E-state index >= 15 is 0 Å². The van der Waals surface area contributed by atoms with E-state index in [1.165, 1.54) is 16.7 Å². The molecule has 1 nitrogen and oxygen atoms in total. The van der Waals surface area contributed by atoms with E-state index in [1.54, 1.807) is 7.11 Å². The number of hydrogen-bond donors (Lipinski definition) is 0. The minimum atomic E-state index is 0.578. The van der Waals surface area contributed by atoms with Crippen LogP contribution in [0, 0.1) is 5.92 Å². The molecule has 1 atom stereocenters. The highest BCUT2D eigenvalue weighted by molar-refractivity contribution is 5.75. The zero-order chi connectivity index (χ0) is 14.5. The summed E-state index contributed by atoms with van der Waals surface area (Å²) in [6.45, 7) is 0. The van der Waals surface area contributed by atoms with Gasteiger partial charge in [-0.1, -0.05) is 60.7 Å². The summed E-state index contributed by atoms with van der Waals surface area (Å²) < 4.78 is 5.22. The summed E-state index contributed by atoms with van der Waals surface area (Å²) in [7, 11) is 1.70. The maximum atomic E-state index is 5.22. The fraction of sp³-hybridized carbons (Fsp3) is 0.200. The Morgan fingerprint density at radius 1 is 1.00 bits per heavy atom. The molecule has 0 saturated heterocycles. The average Bonchev–Trinajstić information content (AvgIpc) is 2.56. The van der Waals surface area contributed by atoms with Gasteiger partial charge in [-0.05, 0) is 47.6 Å². The highest BCUT2D eigenvalue weighted by Gasteiger charge is 2.11. The third-order valence-electron chi connectivity index (χ3n) is 3.92. The van der Waals surface area contributed by atoms with E-state index in [-0.39, 0.29) is 0 Å². The lowest BCUT2D eigenvalue weighted by Crippen LogP contribution is -2.04. The second kappa shape index (κ2) is 6.45. The van der Waals surface area contributed by atoms with Crippen LogP contribution in [0.15, 0.2) is 72.8 Å². The third-order valence-corrected chi connectivity index (χ3v) is 3.92. The second-order valence-corrected chi connectivity index (χ2v) is 5.44. The molecule has 3 rings (SSSR count). The predicted octanol–water partition coefficient (Wildman–Crippen LogP) is 4.90. The predicted molar refractivity (Wildman–Crippen MR) is 88.4 cm³/mol. The zero-order valence-corrected chi connectivity index (χ0v) is 12.3. The van der Waals surface area contributed by atoms with Crippen LogP contribution in [0.4, 0.5) is 0 Å². The molecule has 2 aromatic rings. The maximum absolute atomic E-state index is 5.22. The molecule has 0 radical (unpaired) electrons. The highest BCUT2D eigenvalue weighted by Crippen LogP contribution is 2.28. The monoisotopic (exact) mass is 276 g/mol. The largest absolute Gasteiger partial charge is 0.497 e. The van der Waals surface area contributed by atoms with Gasteiger partial charge in [-0.15, -0.1) is 0 Å². The summed E-state index contributed by atoms with van der Waals surface area (Å²) in [5.41, 5.74) is 3.97. The van der Waals surface area contributed by atoms with Crippen LogP contribution >= 0.6 is 0 Å². The summed E-state index contributed by atoms with van der Waals surface area (Å²) in [6, 6.07) is 19.0. The summed E-state index contributed by atoms with van der Waals surface area (Å²) >= 11 is 0. The Labute approximate surface area is 126 Å². The number of allylic oxidation sites excluding steroid dienone is 4. The van der Waals surface area contributed by atoms with Crippen molar-refractivity contribution in [2.75, 3.05) is 7.11 Å². The molecular formula is C20H20O. The first-order chi connectivity index (χ1) is 10.3. The van der Waals surface area contributed by atoms with Gasteiger partial charge in [0.2, 0.25) is 0 Å². The quantitative estimate of drug-likeness (QED) is 0.772. The molecule has 1 aliphatic carbocycles. The maximum Gasteiger partial charge on any atom is 0.118 e. The van der Waals surface area contributed by atoms with E-state index in [1.807, 2.05) is 12.1 Å². The molecule has 0 spiro atoms. The Morgan fingerprint density at radius 2 is 1.76 bits per heavy atom. The Hall–Kier alpha value is -2.28. The molecule has 0 aromatic heterocycles. The highest BCUT2D eigenvalue weighted by atomic mass is 16.5. The van der Waals surface area contributed by atoms with Crippen LogP contribution in [0.5, 0.6) is 5.75 Å². The van der Waals surface area contributed by atoms with Gasteiger partial charge in [0, 0.05) is 0 Å². The van der Waals surface area contributed by atoms with Crippen LogP contribution < -0.4 is 4.74 Å². The smallest absolute Gasteiger partial charge is 0.118 e. The lowest BCUT2D eigenvalue weighted by Gasteiger charge is -2.17. The van der Waals surface area contributed by atoms with Crippen molar-refractivity contribution < 1.29 is 4.74 Å². The van der Waals surface area contributed by atoms with Crippen molar-refractivity contribution in [2.24, 2.45) is 5.92 Å². The molecular weight excluding hydrogens is 256 g/mol. The van der Waals surface area contributed by atoms with Crippen molar-refractivity contribution in [2.45, 2.75) is 12.8 Å². The Bertz CT molecular complexity index is 635. The molecule has 0 saturated carbocycles. The Kier molecular flexibility index (Phi) is 4.20. The minimum Gasteiger partial charge on any atom is -0.497 e. The lowest BCUT2D eigenvalue weighted by atomic mass is 9.88. The molecule has 0 N–H and O–H groups in total. The fourth-order valence-electron chi connectivity index (χ4n) is 2.78. The molecule has 1 aliphatic rings. The van der Waals surface area contributed by atoms with E-state index in [0.717, 1.165) is 18.6 Å². The molecule has 21 heavy (non-hydrogen) atoms. The van der Waals surface area contributed by atoms with E-state index < -0.39 is 0 Å². The SMILES string of the molecule is COc1ccc(C2=CC(Cc3ccccc3)CC=C2)cc1. The van der Waals surface area contributed by atoms with Gasteiger partial charge in [-0.3, -0.25) is 0 Å². The second-order valence-electron chi connectivity index (χ2n) is 5.44. The van der Waals surface area contributed by atoms with E-state index in [9.17, 15) is 0 Å². The molecule has 0 aliphatic heterocycles. The number of benzene rings is 2. The molecule has 106 valence electrons. The van der Waals surface area contributed by atoms with Crippen LogP contribution in [0.1, 0.15) is 17.5 Å². The number of rotatable bonds is 4. The van der Waals surface area contributed by atoms with Crippen molar-refractivity contribution in [3.8, 4) is 5.75 Å². The van der Waals surface area contributed by atoms with Gasteiger partial charge in [0.25, 0.3) is 0 Å². The van der Waals surface area contributed by atoms with Gasteiger partial charge in [-0.25, -0.2) is 0 Å². The van der Waals surface area contributed by atoms with Gasteiger partial charge in [0.1, 0.15) is 5.75 Å². The summed E-state index contributed by atoms with van der Waals surface area (Å²) in [4.78, 5) is 0. The number of methoxy groups -OCH3 is 1. The first-order valence-electron chi connectivity index (χ1n) is 7.42. The Balaban J connectivity index is 1.77. The number of ether oxygens (including phenoxy) is 1. The van der Waals surface area contributed by atoms with Crippen molar-refractivity contribution >= 4 is 5.57 Å². The zero-order valence-electron chi connectivity index (χ0n) is 12.3. The topological polar surface area (TPSA) is 9.23 Å². The molecule has 2 aromatic carbocycles. The molecule has 1 unspecified atom stereocenters. The molecule has 0 fully saturated rings. The van der Waals surface area contributed by atoms with Crippen LogP contribution in [-0.2, 0) is 6.42 Å². The van der Waals surface area contributed by atoms with Gasteiger partial charge >= 0.3 is 0 Å². The minimum absolute atomic E-state index is 0.578.